The molecule has 0 bridgehead atoms. The van der Waals surface area contributed by atoms with Crippen molar-refractivity contribution in [1.29, 1.82) is 0 Å². The van der Waals surface area contributed by atoms with Gasteiger partial charge in [-0.3, -0.25) is 9.80 Å². The number of carbonyl (C=O) groups is 1. The number of amidine groups is 1. The Bertz CT molecular complexity index is 1250. The van der Waals surface area contributed by atoms with Crippen molar-refractivity contribution in [3.8, 4) is 0 Å². The van der Waals surface area contributed by atoms with E-state index in [2.05, 4.69) is 40.6 Å². The number of halogens is 1. The van der Waals surface area contributed by atoms with Gasteiger partial charge in [-0.25, -0.2) is 8.42 Å². The normalized spacial score (nSPS) is 41.2. The molecular weight excluding hydrogens is 542 g/mol. The van der Waals surface area contributed by atoms with E-state index in [4.69, 9.17) is 16.7 Å². The minimum Gasteiger partial charge on any atom is -0.353 e. The Balaban J connectivity index is 1.15. The van der Waals surface area contributed by atoms with E-state index in [1.54, 1.807) is 0 Å². The Morgan fingerprint density at radius 2 is 2.05 bits per heavy atom. The van der Waals surface area contributed by atoms with Crippen LogP contribution in [0, 0.1) is 17.8 Å². The number of hydrogen-bond donors (Lipinski definition) is 2. The molecule has 3 fully saturated rings. The first-order valence-corrected chi connectivity index (χ1v) is 17.3. The molecule has 3 aliphatic heterocycles. The van der Waals surface area contributed by atoms with E-state index in [0.717, 1.165) is 55.8 Å². The van der Waals surface area contributed by atoms with Gasteiger partial charge in [-0.2, -0.15) is 5.10 Å². The molecule has 1 spiro atoms. The number of amides is 1. The summed E-state index contributed by atoms with van der Waals surface area (Å²) in [5.41, 5.74) is 1.46. The largest absolute Gasteiger partial charge is 0.353 e. The summed E-state index contributed by atoms with van der Waals surface area (Å²) in [6, 6.07) is 0.216. The van der Waals surface area contributed by atoms with Gasteiger partial charge in [0.25, 0.3) is 0 Å². The summed E-state index contributed by atoms with van der Waals surface area (Å²) < 4.78 is 23.6. The number of nitrogens with zero attached hydrogens (tertiary/aromatic N) is 3. The van der Waals surface area contributed by atoms with Gasteiger partial charge in [0, 0.05) is 48.2 Å². The summed E-state index contributed by atoms with van der Waals surface area (Å²) in [5, 5.41) is 15.4. The highest BCUT2D eigenvalue weighted by Gasteiger charge is 2.64. The Morgan fingerprint density at radius 3 is 2.74 bits per heavy atom. The van der Waals surface area contributed by atoms with Crippen LogP contribution in [0.4, 0.5) is 0 Å². The molecule has 2 saturated carbocycles. The molecule has 208 valence electrons. The lowest BCUT2D eigenvalue weighted by molar-refractivity contribution is -0.126. The van der Waals surface area contributed by atoms with E-state index < -0.39 is 9.84 Å². The number of hydrogen-bond acceptors (Lipinski definition) is 8. The second-order valence-corrected chi connectivity index (χ2v) is 16.6. The van der Waals surface area contributed by atoms with Crippen LogP contribution in [0.1, 0.15) is 64.7 Å². The standard InChI is InChI=1S/C27H38ClN5O3S2/c1-14-31-32(2)26-27(8-9-27)30-23(18-6-4-5-7-20(18)28)22-19-10-15(11-21(19)37-25(22)33(14)26)24(34)29-16-12-17(13-16)38(3,35)36/h7,15-18,22-23,25-26,30H,4-6,8-13H2,1-3H3,(H,29,34)/t15-,16?,17?,18?,22?,23?,25?,26?/m0/s1. The third kappa shape index (κ3) is 3.98. The molecule has 11 heteroatoms. The molecule has 0 aromatic carbocycles. The van der Waals surface area contributed by atoms with Gasteiger partial charge in [-0.1, -0.05) is 23.3 Å². The average Bonchev–Trinajstić information content (AvgIpc) is 3.22. The summed E-state index contributed by atoms with van der Waals surface area (Å²) in [5.74, 6) is 1.66. The minimum absolute atomic E-state index is 0.0222. The lowest BCUT2D eigenvalue weighted by atomic mass is 9.77. The van der Waals surface area contributed by atoms with Gasteiger partial charge in [0.2, 0.25) is 5.91 Å². The first-order valence-electron chi connectivity index (χ1n) is 14.1. The predicted octanol–water partition coefficient (Wildman–Crippen LogP) is 3.37. The molecule has 6 atom stereocenters. The summed E-state index contributed by atoms with van der Waals surface area (Å²) in [6.07, 6.45) is 11.9. The van der Waals surface area contributed by atoms with Gasteiger partial charge in [-0.05, 0) is 69.6 Å². The van der Waals surface area contributed by atoms with Crippen molar-refractivity contribution in [3.63, 3.8) is 0 Å². The van der Waals surface area contributed by atoms with Crippen LogP contribution in [-0.2, 0) is 14.6 Å². The quantitative estimate of drug-likeness (QED) is 0.527. The number of likely N-dealkylation sites (N-methyl/N-ethyl adjacent to an activating group) is 1. The van der Waals surface area contributed by atoms with Crippen molar-refractivity contribution in [3.05, 3.63) is 21.6 Å². The first-order chi connectivity index (χ1) is 18.1. The highest BCUT2D eigenvalue weighted by molar-refractivity contribution is 8.04. The van der Waals surface area contributed by atoms with Gasteiger partial charge < -0.3 is 15.5 Å². The average molecular weight is 580 g/mol. The van der Waals surface area contributed by atoms with Gasteiger partial charge >= 0.3 is 0 Å². The Hall–Kier alpha value is -1.23. The van der Waals surface area contributed by atoms with Crippen LogP contribution in [0.5, 0.6) is 0 Å². The summed E-state index contributed by atoms with van der Waals surface area (Å²) in [7, 11) is -0.922. The lowest BCUT2D eigenvalue weighted by Gasteiger charge is -2.39. The number of allylic oxidation sites excluding steroid dienone is 2. The van der Waals surface area contributed by atoms with Gasteiger partial charge in [0.05, 0.1) is 16.2 Å². The van der Waals surface area contributed by atoms with Crippen LogP contribution in [0.2, 0.25) is 0 Å². The van der Waals surface area contributed by atoms with E-state index in [1.165, 1.54) is 16.7 Å². The molecule has 2 N–H and O–H groups in total. The minimum atomic E-state index is -3.03. The van der Waals surface area contributed by atoms with Crippen molar-refractivity contribution in [2.24, 2.45) is 22.9 Å². The molecule has 0 aromatic heterocycles. The summed E-state index contributed by atoms with van der Waals surface area (Å²) in [4.78, 5) is 17.3. The second kappa shape index (κ2) is 8.88. The van der Waals surface area contributed by atoms with Crippen molar-refractivity contribution in [2.75, 3.05) is 13.3 Å². The van der Waals surface area contributed by atoms with Crippen molar-refractivity contribution in [1.82, 2.24) is 20.5 Å². The molecule has 38 heavy (non-hydrogen) atoms. The number of thioether (sulfide) groups is 1. The molecule has 4 aliphatic carbocycles. The molecule has 8 nitrogen and oxygen atoms in total. The number of nitrogens with one attached hydrogen (secondary N) is 2. The molecule has 5 unspecified atom stereocenters. The van der Waals surface area contributed by atoms with E-state index >= 15 is 0 Å². The molecule has 1 amide bonds. The van der Waals surface area contributed by atoms with Gasteiger partial charge in [0.15, 0.2) is 0 Å². The second-order valence-electron chi connectivity index (χ2n) is 12.7. The lowest BCUT2D eigenvalue weighted by Crippen LogP contribution is -2.56. The van der Waals surface area contributed by atoms with Crippen LogP contribution in [-0.4, -0.2) is 77.8 Å². The van der Waals surface area contributed by atoms with E-state index in [9.17, 15) is 13.2 Å². The molecule has 1 saturated heterocycles. The Labute approximate surface area is 235 Å². The molecule has 7 rings (SSSR count). The van der Waals surface area contributed by atoms with E-state index in [-0.39, 0.29) is 52.2 Å². The monoisotopic (exact) mass is 579 g/mol. The smallest absolute Gasteiger partial charge is 0.224 e. The summed E-state index contributed by atoms with van der Waals surface area (Å²) in [6.45, 7) is 2.14. The van der Waals surface area contributed by atoms with Crippen LogP contribution in [0.25, 0.3) is 0 Å². The fraction of sp³-hybridized carbons (Fsp3) is 0.778. The predicted molar refractivity (Wildman–Crippen MR) is 151 cm³/mol. The van der Waals surface area contributed by atoms with Crippen molar-refractivity contribution >= 4 is 44.9 Å². The number of carbonyl (C=O) groups excluding carboxylic acids is 1. The number of sulfone groups is 1. The zero-order valence-corrected chi connectivity index (χ0v) is 24.7. The fourth-order valence-electron chi connectivity index (χ4n) is 8.05. The van der Waals surface area contributed by atoms with Crippen molar-refractivity contribution < 1.29 is 13.2 Å². The van der Waals surface area contributed by atoms with E-state index in [1.807, 2.05) is 11.8 Å². The van der Waals surface area contributed by atoms with Gasteiger partial charge in [-0.15, -0.1) is 11.8 Å². The molecular formula is C27H38ClN5O3S2. The maximum Gasteiger partial charge on any atom is 0.224 e. The number of fused-ring (bicyclic) bond motifs is 5. The zero-order chi connectivity index (χ0) is 26.6. The first kappa shape index (κ1) is 25.7. The Kier molecular flexibility index (Phi) is 6.01. The molecule has 0 aromatic rings. The summed E-state index contributed by atoms with van der Waals surface area (Å²) >= 11 is 8.90. The van der Waals surface area contributed by atoms with Gasteiger partial charge in [0.1, 0.15) is 21.8 Å². The van der Waals surface area contributed by atoms with Crippen LogP contribution in [0.3, 0.4) is 0 Å². The van der Waals surface area contributed by atoms with Crippen LogP contribution >= 0.6 is 23.4 Å². The SMILES string of the molecule is CC1=NN(C)C2N1C1SC3=C(C[C@H](C(=O)NC4CC(S(C)(=O)=O)C4)C3)C1C(C1CCCC=C1Cl)NC21CC1. The maximum atomic E-state index is 13.3. The van der Waals surface area contributed by atoms with Crippen LogP contribution < -0.4 is 10.6 Å². The molecule has 3 heterocycles. The van der Waals surface area contributed by atoms with Crippen molar-refractivity contribution in [2.45, 2.75) is 99.1 Å². The third-order valence-electron chi connectivity index (χ3n) is 10.2. The third-order valence-corrected chi connectivity index (χ3v) is 13.7. The highest BCUT2D eigenvalue weighted by Crippen LogP contribution is 2.60. The molecule has 7 aliphatic rings. The molecule has 0 radical (unpaired) electrons. The van der Waals surface area contributed by atoms with E-state index in [0.29, 0.717) is 18.8 Å². The van der Waals surface area contributed by atoms with Crippen LogP contribution in [0.15, 0.2) is 26.7 Å². The number of rotatable bonds is 4. The maximum absolute atomic E-state index is 13.3. The topological polar surface area (TPSA) is 94.1 Å². The fourth-order valence-corrected chi connectivity index (χ4v) is 11.4. The highest BCUT2D eigenvalue weighted by atomic mass is 35.5. The zero-order valence-electron chi connectivity index (χ0n) is 22.3. The number of hydrazone groups is 1. The Morgan fingerprint density at radius 1 is 1.29 bits per heavy atom.